The Morgan fingerprint density at radius 2 is 1.90 bits per heavy atom. The highest BCUT2D eigenvalue weighted by Gasteiger charge is 2.12. The first kappa shape index (κ1) is 15.5. The SMILES string of the molecule is Cc1ccccc1CC(CCl)Cc1ccc(F)c(Br)c1. The normalized spacial score (nSPS) is 12.4. The summed E-state index contributed by atoms with van der Waals surface area (Å²) in [6.07, 6.45) is 1.81. The number of alkyl halides is 1. The Labute approximate surface area is 133 Å². The van der Waals surface area contributed by atoms with Crippen molar-refractivity contribution in [3.8, 4) is 0 Å². The molecule has 0 aliphatic rings. The molecule has 106 valence electrons. The van der Waals surface area contributed by atoms with Gasteiger partial charge in [0.15, 0.2) is 0 Å². The number of hydrogen-bond acceptors (Lipinski definition) is 0. The fourth-order valence-electron chi connectivity index (χ4n) is 2.33. The van der Waals surface area contributed by atoms with Crippen LogP contribution < -0.4 is 0 Å². The fraction of sp³-hybridized carbons (Fsp3) is 0.294. The largest absolute Gasteiger partial charge is 0.206 e. The lowest BCUT2D eigenvalue weighted by molar-refractivity contribution is 0.578. The second-order valence-electron chi connectivity index (χ2n) is 5.10. The Kier molecular flexibility index (Phi) is 5.62. The standard InChI is InChI=1S/C17H17BrClF/c1-12-4-2-3-5-15(12)9-14(11-19)8-13-6-7-17(20)16(18)10-13/h2-7,10,14H,8-9,11H2,1H3. The van der Waals surface area contributed by atoms with Crippen molar-refractivity contribution < 1.29 is 4.39 Å². The van der Waals surface area contributed by atoms with Gasteiger partial charge in [0.1, 0.15) is 5.82 Å². The van der Waals surface area contributed by atoms with Gasteiger partial charge in [-0.3, -0.25) is 0 Å². The highest BCUT2D eigenvalue weighted by molar-refractivity contribution is 9.10. The summed E-state index contributed by atoms with van der Waals surface area (Å²) in [5.41, 5.74) is 3.74. The average molecular weight is 356 g/mol. The lowest BCUT2D eigenvalue weighted by atomic mass is 9.92. The van der Waals surface area contributed by atoms with Crippen molar-refractivity contribution in [3.63, 3.8) is 0 Å². The van der Waals surface area contributed by atoms with Crippen LogP contribution in [0.25, 0.3) is 0 Å². The molecule has 0 heterocycles. The van der Waals surface area contributed by atoms with Crippen LogP contribution in [0.1, 0.15) is 16.7 Å². The molecular weight excluding hydrogens is 339 g/mol. The second kappa shape index (κ2) is 7.24. The third-order valence-electron chi connectivity index (χ3n) is 3.50. The van der Waals surface area contributed by atoms with E-state index in [2.05, 4.69) is 41.1 Å². The van der Waals surface area contributed by atoms with Crippen molar-refractivity contribution in [1.82, 2.24) is 0 Å². The van der Waals surface area contributed by atoms with Crippen LogP contribution in [-0.4, -0.2) is 5.88 Å². The van der Waals surface area contributed by atoms with E-state index in [1.54, 1.807) is 0 Å². The number of aryl methyl sites for hydroxylation is 1. The molecule has 0 N–H and O–H groups in total. The van der Waals surface area contributed by atoms with E-state index < -0.39 is 0 Å². The summed E-state index contributed by atoms with van der Waals surface area (Å²) >= 11 is 9.33. The van der Waals surface area contributed by atoms with Crippen LogP contribution in [0.3, 0.4) is 0 Å². The summed E-state index contributed by atoms with van der Waals surface area (Å²) in [4.78, 5) is 0. The molecule has 0 bridgehead atoms. The van der Waals surface area contributed by atoms with Gasteiger partial charge in [0.05, 0.1) is 4.47 Å². The molecule has 2 aromatic rings. The Morgan fingerprint density at radius 3 is 2.55 bits per heavy atom. The first-order valence-electron chi connectivity index (χ1n) is 6.64. The maximum atomic E-state index is 13.2. The zero-order valence-corrected chi connectivity index (χ0v) is 13.7. The molecule has 3 heteroatoms. The van der Waals surface area contributed by atoms with Crippen molar-refractivity contribution >= 4 is 27.5 Å². The number of benzene rings is 2. The van der Waals surface area contributed by atoms with Gasteiger partial charge in [-0.25, -0.2) is 4.39 Å². The molecule has 0 saturated heterocycles. The minimum absolute atomic E-state index is 0.227. The molecule has 0 aliphatic carbocycles. The summed E-state index contributed by atoms with van der Waals surface area (Å²) in [7, 11) is 0. The molecule has 1 atom stereocenters. The Morgan fingerprint density at radius 1 is 1.15 bits per heavy atom. The van der Waals surface area contributed by atoms with Gasteiger partial charge in [0.25, 0.3) is 0 Å². The first-order chi connectivity index (χ1) is 9.60. The molecule has 0 fully saturated rings. The first-order valence-corrected chi connectivity index (χ1v) is 7.97. The van der Waals surface area contributed by atoms with Crippen molar-refractivity contribution in [1.29, 1.82) is 0 Å². The molecule has 20 heavy (non-hydrogen) atoms. The monoisotopic (exact) mass is 354 g/mol. The summed E-state index contributed by atoms with van der Waals surface area (Å²) in [6.45, 7) is 2.12. The van der Waals surface area contributed by atoms with E-state index in [0.29, 0.717) is 16.3 Å². The van der Waals surface area contributed by atoms with Gasteiger partial charge in [-0.1, -0.05) is 30.3 Å². The number of halogens is 3. The maximum Gasteiger partial charge on any atom is 0.137 e. The fourth-order valence-corrected chi connectivity index (χ4v) is 2.98. The van der Waals surface area contributed by atoms with Gasteiger partial charge in [0.2, 0.25) is 0 Å². The topological polar surface area (TPSA) is 0 Å². The molecular formula is C17H17BrClF. The molecule has 2 aromatic carbocycles. The highest BCUT2D eigenvalue weighted by Crippen LogP contribution is 2.22. The van der Waals surface area contributed by atoms with E-state index in [1.165, 1.54) is 17.2 Å². The van der Waals surface area contributed by atoms with Crippen LogP contribution >= 0.6 is 27.5 Å². The molecule has 2 rings (SSSR count). The van der Waals surface area contributed by atoms with E-state index in [9.17, 15) is 4.39 Å². The summed E-state index contributed by atoms with van der Waals surface area (Å²) in [5.74, 6) is 0.730. The van der Waals surface area contributed by atoms with E-state index >= 15 is 0 Å². The van der Waals surface area contributed by atoms with E-state index in [1.807, 2.05) is 18.2 Å². The molecule has 0 radical (unpaired) electrons. The third-order valence-corrected chi connectivity index (χ3v) is 4.54. The van der Waals surface area contributed by atoms with Crippen LogP contribution in [-0.2, 0) is 12.8 Å². The Balaban J connectivity index is 2.09. The van der Waals surface area contributed by atoms with Crippen LogP contribution in [0.4, 0.5) is 4.39 Å². The van der Waals surface area contributed by atoms with E-state index in [0.717, 1.165) is 18.4 Å². The van der Waals surface area contributed by atoms with Gasteiger partial charge in [-0.2, -0.15) is 0 Å². The minimum Gasteiger partial charge on any atom is -0.206 e. The molecule has 0 aromatic heterocycles. The molecule has 0 saturated carbocycles. The predicted octanol–water partition coefficient (Wildman–Crippen LogP) is 5.54. The van der Waals surface area contributed by atoms with E-state index in [-0.39, 0.29) is 5.82 Å². The van der Waals surface area contributed by atoms with Gasteiger partial charge in [-0.05, 0) is 70.4 Å². The molecule has 1 unspecified atom stereocenters. The number of rotatable bonds is 5. The van der Waals surface area contributed by atoms with Gasteiger partial charge >= 0.3 is 0 Å². The van der Waals surface area contributed by atoms with Crippen molar-refractivity contribution in [2.45, 2.75) is 19.8 Å². The second-order valence-corrected chi connectivity index (χ2v) is 6.27. The van der Waals surface area contributed by atoms with Crippen LogP contribution in [0, 0.1) is 18.7 Å². The quantitative estimate of drug-likeness (QED) is 0.618. The average Bonchev–Trinajstić information content (AvgIpc) is 2.44. The molecule has 0 nitrogen and oxygen atoms in total. The highest BCUT2D eigenvalue weighted by atomic mass is 79.9. The van der Waals surface area contributed by atoms with Crippen molar-refractivity contribution in [2.24, 2.45) is 5.92 Å². The maximum absolute atomic E-state index is 13.2. The lowest BCUT2D eigenvalue weighted by Gasteiger charge is -2.16. The predicted molar refractivity (Wildman–Crippen MR) is 86.9 cm³/mol. The van der Waals surface area contributed by atoms with E-state index in [4.69, 9.17) is 11.6 Å². The van der Waals surface area contributed by atoms with Gasteiger partial charge in [-0.15, -0.1) is 11.6 Å². The smallest absolute Gasteiger partial charge is 0.137 e. The third kappa shape index (κ3) is 4.07. The Bertz CT molecular complexity index is 583. The minimum atomic E-state index is -0.227. The zero-order chi connectivity index (χ0) is 14.5. The van der Waals surface area contributed by atoms with Crippen molar-refractivity contribution in [3.05, 3.63) is 69.4 Å². The number of hydrogen-bond donors (Lipinski definition) is 0. The van der Waals surface area contributed by atoms with Crippen LogP contribution in [0.15, 0.2) is 46.9 Å². The van der Waals surface area contributed by atoms with Gasteiger partial charge < -0.3 is 0 Å². The zero-order valence-electron chi connectivity index (χ0n) is 11.4. The Hall–Kier alpha value is -0.860. The molecule has 0 amide bonds. The van der Waals surface area contributed by atoms with Crippen molar-refractivity contribution in [2.75, 3.05) is 5.88 Å². The summed E-state index contributed by atoms with van der Waals surface area (Å²) < 4.78 is 13.8. The summed E-state index contributed by atoms with van der Waals surface area (Å²) in [5, 5.41) is 0. The van der Waals surface area contributed by atoms with Crippen LogP contribution in [0.5, 0.6) is 0 Å². The molecule has 0 spiro atoms. The summed E-state index contributed by atoms with van der Waals surface area (Å²) in [6, 6.07) is 13.5. The molecule has 0 aliphatic heterocycles. The van der Waals surface area contributed by atoms with Gasteiger partial charge in [0, 0.05) is 5.88 Å². The lowest BCUT2D eigenvalue weighted by Crippen LogP contribution is -2.11. The van der Waals surface area contributed by atoms with Crippen LogP contribution in [0.2, 0.25) is 0 Å².